The number of imidazole rings is 1. The maximum atomic E-state index is 12.6. The maximum absolute atomic E-state index is 12.6. The molecule has 3 aromatic rings. The molecule has 0 bridgehead atoms. The predicted molar refractivity (Wildman–Crippen MR) is 90.6 cm³/mol. The minimum atomic E-state index is -1.30. The number of carbonyl (C=O) groups is 1. The van der Waals surface area contributed by atoms with Gasteiger partial charge in [0, 0.05) is 5.56 Å². The summed E-state index contributed by atoms with van der Waals surface area (Å²) in [5.74, 6) is -0.419. The van der Waals surface area contributed by atoms with Crippen LogP contribution < -0.4 is 5.49 Å². The van der Waals surface area contributed by atoms with Crippen LogP contribution in [0.1, 0.15) is 16.6 Å². The molecule has 1 aromatic carbocycles. The zero-order valence-corrected chi connectivity index (χ0v) is 14.0. The Labute approximate surface area is 152 Å². The Morgan fingerprint density at radius 3 is 2.56 bits per heavy atom. The zero-order valence-electron chi connectivity index (χ0n) is 14.0. The standard InChI is InChI=1S/C17H17N5O5/c18-14-11-15(20-8-21(14)16(26)9-4-2-1-3-5-9)22(7-19-11)17-13(25)12(24)10(6-23)27-17/h1-5,7-8,10,12-13,17-18,23-25H,6H2/t10-,12-,13-,17-/m1/s1. The zero-order chi connectivity index (χ0) is 19.1. The lowest BCUT2D eigenvalue weighted by Gasteiger charge is -2.16. The van der Waals surface area contributed by atoms with E-state index in [0.717, 1.165) is 4.57 Å². The smallest absolute Gasteiger partial charge is 0.264 e. The molecule has 1 aliphatic rings. The second-order valence-electron chi connectivity index (χ2n) is 6.19. The average molecular weight is 371 g/mol. The molecule has 0 unspecified atom stereocenters. The normalized spacial score (nSPS) is 25.1. The van der Waals surface area contributed by atoms with Crippen molar-refractivity contribution in [1.82, 2.24) is 19.1 Å². The van der Waals surface area contributed by atoms with Crippen molar-refractivity contribution in [3.05, 3.63) is 54.0 Å². The second kappa shape index (κ2) is 6.67. The summed E-state index contributed by atoms with van der Waals surface area (Å²) < 4.78 is 7.92. The van der Waals surface area contributed by atoms with Crippen molar-refractivity contribution in [2.24, 2.45) is 0 Å². The number of nitrogens with zero attached hydrogens (tertiary/aromatic N) is 4. The van der Waals surface area contributed by atoms with Crippen molar-refractivity contribution in [1.29, 1.82) is 5.41 Å². The van der Waals surface area contributed by atoms with E-state index < -0.39 is 37.1 Å². The number of benzene rings is 1. The van der Waals surface area contributed by atoms with Crippen LogP contribution in [-0.2, 0) is 4.74 Å². The molecular formula is C17H17N5O5. The molecule has 4 N–H and O–H groups in total. The Kier molecular flexibility index (Phi) is 4.32. The third-order valence-electron chi connectivity index (χ3n) is 4.56. The van der Waals surface area contributed by atoms with E-state index >= 15 is 0 Å². The van der Waals surface area contributed by atoms with Gasteiger partial charge in [-0.15, -0.1) is 0 Å². The molecule has 4 atom stereocenters. The van der Waals surface area contributed by atoms with Gasteiger partial charge in [-0.25, -0.2) is 14.5 Å². The topological polar surface area (TPSA) is 146 Å². The van der Waals surface area contributed by atoms with Gasteiger partial charge in [0.1, 0.15) is 24.6 Å². The third-order valence-corrected chi connectivity index (χ3v) is 4.56. The number of rotatable bonds is 3. The van der Waals surface area contributed by atoms with Crippen LogP contribution in [0.15, 0.2) is 43.0 Å². The van der Waals surface area contributed by atoms with E-state index in [-0.39, 0.29) is 16.7 Å². The largest absolute Gasteiger partial charge is 0.394 e. The minimum Gasteiger partial charge on any atom is -0.394 e. The van der Waals surface area contributed by atoms with Gasteiger partial charge < -0.3 is 20.1 Å². The molecule has 27 heavy (non-hydrogen) atoms. The van der Waals surface area contributed by atoms with Gasteiger partial charge in [0.05, 0.1) is 12.9 Å². The first-order valence-electron chi connectivity index (χ1n) is 8.24. The van der Waals surface area contributed by atoms with Crippen LogP contribution in [0.4, 0.5) is 0 Å². The second-order valence-corrected chi connectivity index (χ2v) is 6.19. The van der Waals surface area contributed by atoms with Gasteiger partial charge >= 0.3 is 0 Å². The van der Waals surface area contributed by atoms with Gasteiger partial charge in [0.25, 0.3) is 5.91 Å². The highest BCUT2D eigenvalue weighted by atomic mass is 16.6. The number of carbonyl (C=O) groups excluding carboxylic acids is 1. The number of aliphatic hydroxyl groups is 3. The number of hydrogen-bond donors (Lipinski definition) is 4. The number of nitrogens with one attached hydrogen (secondary N) is 1. The third kappa shape index (κ3) is 2.75. The summed E-state index contributed by atoms with van der Waals surface area (Å²) >= 11 is 0. The number of aromatic nitrogens is 4. The van der Waals surface area contributed by atoms with E-state index in [9.17, 15) is 20.1 Å². The van der Waals surface area contributed by atoms with Gasteiger partial charge in [-0.2, -0.15) is 0 Å². The first-order chi connectivity index (χ1) is 13.0. The fourth-order valence-electron chi connectivity index (χ4n) is 3.10. The van der Waals surface area contributed by atoms with E-state index in [4.69, 9.17) is 10.1 Å². The summed E-state index contributed by atoms with van der Waals surface area (Å²) in [4.78, 5) is 20.9. The SMILES string of the molecule is N=c1c2ncn([C@@H]3O[C@H](CO)[C@@H](O)[C@H]3O)c2ncn1C(=O)c1ccccc1. The number of ether oxygens (including phenoxy) is 1. The molecule has 1 aliphatic heterocycles. The van der Waals surface area contributed by atoms with E-state index in [1.807, 2.05) is 0 Å². The van der Waals surface area contributed by atoms with E-state index in [1.54, 1.807) is 30.3 Å². The van der Waals surface area contributed by atoms with Crippen molar-refractivity contribution in [2.75, 3.05) is 6.61 Å². The molecule has 0 radical (unpaired) electrons. The highest BCUT2D eigenvalue weighted by Crippen LogP contribution is 2.30. The van der Waals surface area contributed by atoms with Crippen LogP contribution in [0.2, 0.25) is 0 Å². The summed E-state index contributed by atoms with van der Waals surface area (Å²) in [6.45, 7) is -0.454. The quantitative estimate of drug-likeness (QED) is 0.462. The fourth-order valence-corrected chi connectivity index (χ4v) is 3.10. The molecular weight excluding hydrogens is 354 g/mol. The van der Waals surface area contributed by atoms with E-state index in [2.05, 4.69) is 9.97 Å². The first-order valence-corrected chi connectivity index (χ1v) is 8.24. The highest BCUT2D eigenvalue weighted by molar-refractivity contribution is 5.96. The molecule has 1 fully saturated rings. The molecule has 4 rings (SSSR count). The molecule has 0 spiro atoms. The Balaban J connectivity index is 1.75. The van der Waals surface area contributed by atoms with Gasteiger partial charge in [0.2, 0.25) is 0 Å². The minimum absolute atomic E-state index is 0.138. The summed E-state index contributed by atoms with van der Waals surface area (Å²) in [5.41, 5.74) is 0.589. The first kappa shape index (κ1) is 17.5. The van der Waals surface area contributed by atoms with Crippen LogP contribution in [0.3, 0.4) is 0 Å². The molecule has 10 heteroatoms. The Morgan fingerprint density at radius 1 is 1.15 bits per heavy atom. The number of fused-ring (bicyclic) bond motifs is 1. The fraction of sp³-hybridized carbons (Fsp3) is 0.294. The molecule has 1 saturated heterocycles. The lowest BCUT2D eigenvalue weighted by molar-refractivity contribution is -0.0511. The monoisotopic (exact) mass is 371 g/mol. The van der Waals surface area contributed by atoms with Crippen LogP contribution in [0, 0.1) is 5.41 Å². The van der Waals surface area contributed by atoms with E-state index in [0.29, 0.717) is 5.56 Å². The highest BCUT2D eigenvalue weighted by Gasteiger charge is 2.44. The van der Waals surface area contributed by atoms with Gasteiger partial charge in [0.15, 0.2) is 22.9 Å². The number of hydrogen-bond acceptors (Lipinski definition) is 8. The van der Waals surface area contributed by atoms with Crippen molar-refractivity contribution >= 4 is 17.1 Å². The molecule has 0 amide bonds. The molecule has 3 heterocycles. The Morgan fingerprint density at radius 2 is 1.89 bits per heavy atom. The van der Waals surface area contributed by atoms with Crippen LogP contribution >= 0.6 is 0 Å². The average Bonchev–Trinajstić information content (AvgIpc) is 3.24. The Hall–Kier alpha value is -2.92. The summed E-state index contributed by atoms with van der Waals surface area (Å²) in [6, 6.07) is 8.50. The summed E-state index contributed by atoms with van der Waals surface area (Å²) in [6.07, 6.45) is -2.00. The van der Waals surface area contributed by atoms with Crippen LogP contribution in [0.25, 0.3) is 11.2 Å². The summed E-state index contributed by atoms with van der Waals surface area (Å²) in [5, 5.41) is 37.6. The lowest BCUT2D eigenvalue weighted by Crippen LogP contribution is -2.33. The van der Waals surface area contributed by atoms with Crippen molar-refractivity contribution in [3.63, 3.8) is 0 Å². The maximum Gasteiger partial charge on any atom is 0.264 e. The lowest BCUT2D eigenvalue weighted by atomic mass is 10.1. The molecule has 10 nitrogen and oxygen atoms in total. The number of aliphatic hydroxyl groups excluding tert-OH is 3. The van der Waals surface area contributed by atoms with Crippen molar-refractivity contribution in [2.45, 2.75) is 24.5 Å². The molecule has 0 saturated carbocycles. The van der Waals surface area contributed by atoms with Gasteiger partial charge in [-0.3, -0.25) is 14.8 Å². The summed E-state index contributed by atoms with van der Waals surface area (Å²) in [7, 11) is 0. The van der Waals surface area contributed by atoms with Gasteiger partial charge in [-0.1, -0.05) is 18.2 Å². The van der Waals surface area contributed by atoms with E-state index in [1.165, 1.54) is 17.2 Å². The van der Waals surface area contributed by atoms with Crippen molar-refractivity contribution in [3.8, 4) is 0 Å². The van der Waals surface area contributed by atoms with Gasteiger partial charge in [-0.05, 0) is 12.1 Å². The molecule has 2 aromatic heterocycles. The van der Waals surface area contributed by atoms with Crippen molar-refractivity contribution < 1.29 is 24.9 Å². The predicted octanol–water partition coefficient (Wildman–Crippen LogP) is -0.988. The molecule has 0 aliphatic carbocycles. The Bertz CT molecular complexity index is 1050. The molecule has 140 valence electrons. The van der Waals surface area contributed by atoms with Crippen LogP contribution in [-0.4, -0.2) is 65.2 Å². The van der Waals surface area contributed by atoms with Crippen LogP contribution in [0.5, 0.6) is 0 Å².